The van der Waals surface area contributed by atoms with Crippen molar-refractivity contribution >= 4 is 22.8 Å². The van der Waals surface area contributed by atoms with Gasteiger partial charge in [-0.1, -0.05) is 12.1 Å². The minimum Gasteiger partial charge on any atom is -0.347 e. The Kier molecular flexibility index (Phi) is 4.28. The fourth-order valence-corrected chi connectivity index (χ4v) is 2.26. The van der Waals surface area contributed by atoms with Gasteiger partial charge in [0.15, 0.2) is 0 Å². The maximum atomic E-state index is 11.9. The highest BCUT2D eigenvalue weighted by Crippen LogP contribution is 2.09. The molecule has 0 fully saturated rings. The van der Waals surface area contributed by atoms with Crippen molar-refractivity contribution in [3.05, 3.63) is 47.5 Å². The molecule has 3 N–H and O–H groups in total. The molecular formula is C16H18N6O2. The maximum Gasteiger partial charge on any atom is 0.272 e. The summed E-state index contributed by atoms with van der Waals surface area (Å²) in [6.07, 6.45) is 0. The molecule has 1 aromatic carbocycles. The van der Waals surface area contributed by atoms with Crippen molar-refractivity contribution in [1.29, 1.82) is 0 Å². The number of para-hydroxylation sites is 2. The number of aromatic amines is 1. The summed E-state index contributed by atoms with van der Waals surface area (Å²) in [5, 5.41) is 9.32. The number of aromatic nitrogens is 4. The molecule has 2 aromatic heterocycles. The van der Waals surface area contributed by atoms with Gasteiger partial charge >= 0.3 is 0 Å². The zero-order valence-electron chi connectivity index (χ0n) is 13.5. The number of carbonyl (C=O) groups excluding carboxylic acids is 2. The molecular weight excluding hydrogens is 308 g/mol. The van der Waals surface area contributed by atoms with E-state index in [9.17, 15) is 9.59 Å². The number of nitrogens with one attached hydrogen (secondary N) is 3. The van der Waals surface area contributed by atoms with E-state index in [0.717, 1.165) is 16.7 Å². The molecule has 24 heavy (non-hydrogen) atoms. The molecule has 3 rings (SSSR count). The van der Waals surface area contributed by atoms with Crippen LogP contribution in [0.4, 0.5) is 0 Å². The number of fused-ring (bicyclic) bond motifs is 1. The zero-order chi connectivity index (χ0) is 17.1. The molecule has 124 valence electrons. The third-order valence-electron chi connectivity index (χ3n) is 3.65. The van der Waals surface area contributed by atoms with Gasteiger partial charge in [-0.2, -0.15) is 5.10 Å². The van der Waals surface area contributed by atoms with Gasteiger partial charge in [0.2, 0.25) is 5.91 Å². The molecule has 2 heterocycles. The fourth-order valence-electron chi connectivity index (χ4n) is 2.26. The summed E-state index contributed by atoms with van der Waals surface area (Å²) in [4.78, 5) is 31.3. The van der Waals surface area contributed by atoms with Crippen molar-refractivity contribution in [3.8, 4) is 0 Å². The molecule has 0 unspecified atom stereocenters. The molecule has 8 heteroatoms. The Bertz CT molecular complexity index is 842. The second kappa shape index (κ2) is 6.53. The van der Waals surface area contributed by atoms with E-state index >= 15 is 0 Å². The molecule has 0 aliphatic carbocycles. The lowest BCUT2D eigenvalue weighted by Gasteiger charge is -2.04. The molecule has 0 aliphatic rings. The summed E-state index contributed by atoms with van der Waals surface area (Å²) < 4.78 is 1.61. The van der Waals surface area contributed by atoms with E-state index in [1.807, 2.05) is 31.2 Å². The number of nitrogens with zero attached hydrogens (tertiary/aromatic N) is 3. The van der Waals surface area contributed by atoms with Gasteiger partial charge in [0.05, 0.1) is 24.1 Å². The summed E-state index contributed by atoms with van der Waals surface area (Å²) in [5.41, 5.74) is 2.93. The molecule has 2 amide bonds. The number of imidazole rings is 1. The Morgan fingerprint density at radius 3 is 2.75 bits per heavy atom. The molecule has 3 aromatic rings. The third-order valence-corrected chi connectivity index (χ3v) is 3.65. The monoisotopic (exact) mass is 326 g/mol. The fraction of sp³-hybridized carbons (Fsp3) is 0.250. The van der Waals surface area contributed by atoms with E-state index in [1.165, 1.54) is 0 Å². The van der Waals surface area contributed by atoms with Gasteiger partial charge in [-0.25, -0.2) is 4.98 Å². The molecule has 0 atom stereocenters. The molecule has 0 radical (unpaired) electrons. The Morgan fingerprint density at radius 1 is 1.25 bits per heavy atom. The first-order valence-electron chi connectivity index (χ1n) is 7.52. The van der Waals surface area contributed by atoms with Crippen LogP contribution in [0.5, 0.6) is 0 Å². The second-order valence-electron chi connectivity index (χ2n) is 5.45. The van der Waals surface area contributed by atoms with Crippen LogP contribution in [0.1, 0.15) is 22.0 Å². The van der Waals surface area contributed by atoms with Crippen LogP contribution < -0.4 is 10.6 Å². The normalized spacial score (nSPS) is 10.8. The molecule has 0 saturated heterocycles. The Labute approximate surface area is 138 Å². The largest absolute Gasteiger partial charge is 0.347 e. The first-order valence-corrected chi connectivity index (χ1v) is 7.52. The molecule has 0 saturated carbocycles. The van der Waals surface area contributed by atoms with Crippen molar-refractivity contribution in [2.45, 2.75) is 13.5 Å². The number of hydrogen-bond acceptors (Lipinski definition) is 4. The lowest BCUT2D eigenvalue weighted by molar-refractivity contribution is -0.120. The number of H-pyrrole nitrogens is 1. The summed E-state index contributed by atoms with van der Waals surface area (Å²) in [6, 6.07) is 9.30. The van der Waals surface area contributed by atoms with Crippen LogP contribution in [0.15, 0.2) is 30.3 Å². The van der Waals surface area contributed by atoms with E-state index in [4.69, 9.17) is 0 Å². The van der Waals surface area contributed by atoms with Gasteiger partial charge in [0.1, 0.15) is 11.5 Å². The highest BCUT2D eigenvalue weighted by atomic mass is 16.2. The minimum atomic E-state index is -0.377. The standard InChI is InChI=1S/C16H18N6O2/c1-10-7-13(21-22(10)2)16(24)18-9-15(23)17-8-14-19-11-5-3-4-6-12(11)20-14/h3-7H,8-9H2,1-2H3,(H,17,23)(H,18,24)(H,19,20). The topological polar surface area (TPSA) is 105 Å². The summed E-state index contributed by atoms with van der Waals surface area (Å²) in [6.45, 7) is 2.00. The van der Waals surface area contributed by atoms with E-state index in [0.29, 0.717) is 11.5 Å². The van der Waals surface area contributed by atoms with Crippen LogP contribution in [0, 0.1) is 6.92 Å². The number of carbonyl (C=O) groups is 2. The first kappa shape index (κ1) is 15.7. The minimum absolute atomic E-state index is 0.116. The van der Waals surface area contributed by atoms with Crippen LogP contribution >= 0.6 is 0 Å². The quantitative estimate of drug-likeness (QED) is 0.640. The molecule has 0 spiro atoms. The highest BCUT2D eigenvalue weighted by molar-refractivity contribution is 5.94. The SMILES string of the molecule is Cc1cc(C(=O)NCC(=O)NCc2nc3ccccc3[nH]2)nn1C. The number of amides is 2. The van der Waals surface area contributed by atoms with Gasteiger partial charge in [-0.05, 0) is 25.1 Å². The van der Waals surface area contributed by atoms with Crippen molar-refractivity contribution in [3.63, 3.8) is 0 Å². The van der Waals surface area contributed by atoms with Crippen LogP contribution in [-0.4, -0.2) is 38.1 Å². The number of benzene rings is 1. The van der Waals surface area contributed by atoms with Crippen molar-refractivity contribution in [2.75, 3.05) is 6.54 Å². The molecule has 8 nitrogen and oxygen atoms in total. The summed E-state index contributed by atoms with van der Waals surface area (Å²) in [7, 11) is 1.76. The Hall–Kier alpha value is -3.16. The zero-order valence-corrected chi connectivity index (χ0v) is 13.5. The molecule has 0 bridgehead atoms. The van der Waals surface area contributed by atoms with Gasteiger partial charge < -0.3 is 15.6 Å². The first-order chi connectivity index (χ1) is 11.5. The average molecular weight is 326 g/mol. The van der Waals surface area contributed by atoms with Gasteiger partial charge in [0, 0.05) is 12.7 Å². The van der Waals surface area contributed by atoms with Crippen LogP contribution in [0.3, 0.4) is 0 Å². The number of aryl methyl sites for hydroxylation is 2. The van der Waals surface area contributed by atoms with Gasteiger partial charge in [0.25, 0.3) is 5.91 Å². The van der Waals surface area contributed by atoms with Crippen molar-refractivity contribution in [2.24, 2.45) is 7.05 Å². The van der Waals surface area contributed by atoms with E-state index < -0.39 is 0 Å². The number of rotatable bonds is 5. The maximum absolute atomic E-state index is 11.9. The van der Waals surface area contributed by atoms with Crippen LogP contribution in [0.25, 0.3) is 11.0 Å². The Balaban J connectivity index is 1.49. The van der Waals surface area contributed by atoms with E-state index in [2.05, 4.69) is 25.7 Å². The summed E-state index contributed by atoms with van der Waals surface area (Å²) >= 11 is 0. The van der Waals surface area contributed by atoms with Crippen molar-refractivity contribution < 1.29 is 9.59 Å². The summed E-state index contributed by atoms with van der Waals surface area (Å²) in [5.74, 6) is -0.00901. The van der Waals surface area contributed by atoms with Crippen LogP contribution in [-0.2, 0) is 18.4 Å². The lowest BCUT2D eigenvalue weighted by Crippen LogP contribution is -2.37. The smallest absolute Gasteiger partial charge is 0.272 e. The van der Waals surface area contributed by atoms with E-state index in [1.54, 1.807) is 17.8 Å². The van der Waals surface area contributed by atoms with Crippen molar-refractivity contribution in [1.82, 2.24) is 30.4 Å². The van der Waals surface area contributed by atoms with Crippen LogP contribution in [0.2, 0.25) is 0 Å². The highest BCUT2D eigenvalue weighted by Gasteiger charge is 2.12. The van der Waals surface area contributed by atoms with Gasteiger partial charge in [-0.3, -0.25) is 14.3 Å². The lowest BCUT2D eigenvalue weighted by atomic mass is 10.3. The van der Waals surface area contributed by atoms with E-state index in [-0.39, 0.29) is 24.9 Å². The Morgan fingerprint density at radius 2 is 2.04 bits per heavy atom. The predicted molar refractivity (Wildman–Crippen MR) is 88.2 cm³/mol. The third kappa shape index (κ3) is 3.43. The second-order valence-corrected chi connectivity index (χ2v) is 5.45. The average Bonchev–Trinajstić information content (AvgIpc) is 3.14. The predicted octanol–water partition coefficient (Wildman–Crippen LogP) is 0.651. The van der Waals surface area contributed by atoms with Gasteiger partial charge in [-0.15, -0.1) is 0 Å². The number of hydrogen-bond donors (Lipinski definition) is 3. The molecule has 0 aliphatic heterocycles.